The molecule has 1 aromatic heterocycles. The summed E-state index contributed by atoms with van der Waals surface area (Å²) >= 11 is 0. The van der Waals surface area contributed by atoms with E-state index in [-0.39, 0.29) is 0 Å². The summed E-state index contributed by atoms with van der Waals surface area (Å²) in [5.41, 5.74) is 2.07. The molecule has 2 heterocycles. The molecule has 1 fully saturated rings. The normalized spacial score (nSPS) is 24.4. The average Bonchev–Trinajstić information content (AvgIpc) is 2.37. The quantitative estimate of drug-likeness (QED) is 0.899. The number of nitrogens with one attached hydrogen (secondary N) is 1. The third-order valence-electron chi connectivity index (χ3n) is 3.87. The zero-order valence-electron chi connectivity index (χ0n) is 12.4. The molecule has 1 aliphatic rings. The summed E-state index contributed by atoms with van der Waals surface area (Å²) in [6, 6.07) is 4.56. The van der Waals surface area contributed by atoms with Crippen LogP contribution >= 0.6 is 0 Å². The summed E-state index contributed by atoms with van der Waals surface area (Å²) in [5, 5.41) is 3.64. The van der Waals surface area contributed by atoms with Gasteiger partial charge in [0.2, 0.25) is 0 Å². The van der Waals surface area contributed by atoms with Gasteiger partial charge in [0.25, 0.3) is 0 Å². The maximum atomic E-state index is 5.29. The number of methoxy groups -OCH3 is 1. The number of pyridine rings is 1. The first-order valence-corrected chi connectivity index (χ1v) is 7.02. The molecule has 0 amide bonds. The zero-order valence-corrected chi connectivity index (χ0v) is 12.4. The Morgan fingerprint density at radius 3 is 2.95 bits per heavy atom. The van der Waals surface area contributed by atoms with Gasteiger partial charge >= 0.3 is 0 Å². The van der Waals surface area contributed by atoms with Crippen molar-refractivity contribution in [3.05, 3.63) is 23.5 Å². The third-order valence-corrected chi connectivity index (χ3v) is 3.87. The highest BCUT2D eigenvalue weighted by Crippen LogP contribution is 2.17. The van der Waals surface area contributed by atoms with E-state index in [1.165, 1.54) is 19.5 Å². The Hall–Kier alpha value is -1.13. The lowest BCUT2D eigenvalue weighted by molar-refractivity contribution is 0.174. The van der Waals surface area contributed by atoms with Crippen molar-refractivity contribution in [3.8, 4) is 5.75 Å². The van der Waals surface area contributed by atoms with Gasteiger partial charge in [-0.2, -0.15) is 0 Å². The second-order valence-electron chi connectivity index (χ2n) is 5.66. The molecule has 0 spiro atoms. The molecule has 19 heavy (non-hydrogen) atoms. The minimum absolute atomic E-state index is 0.588. The molecule has 2 atom stereocenters. The van der Waals surface area contributed by atoms with Gasteiger partial charge in [0.05, 0.1) is 12.8 Å². The van der Waals surface area contributed by atoms with Gasteiger partial charge in [0.15, 0.2) is 0 Å². The smallest absolute Gasteiger partial charge is 0.122 e. The number of nitrogens with zero attached hydrogens (tertiary/aromatic N) is 2. The molecule has 1 saturated heterocycles. The highest BCUT2D eigenvalue weighted by atomic mass is 16.5. The van der Waals surface area contributed by atoms with Crippen molar-refractivity contribution in [2.75, 3.05) is 27.2 Å². The van der Waals surface area contributed by atoms with Crippen LogP contribution in [0.2, 0.25) is 0 Å². The average molecular weight is 263 g/mol. The van der Waals surface area contributed by atoms with E-state index in [0.717, 1.165) is 23.7 Å². The number of aryl methyl sites for hydroxylation is 1. The van der Waals surface area contributed by atoms with E-state index in [9.17, 15) is 0 Å². The molecule has 1 N–H and O–H groups in total. The minimum atomic E-state index is 0.588. The van der Waals surface area contributed by atoms with Crippen molar-refractivity contribution >= 4 is 0 Å². The molecule has 0 aromatic carbocycles. The number of hydrogen-bond acceptors (Lipinski definition) is 4. The Balaban J connectivity index is 1.93. The molecule has 0 saturated carbocycles. The van der Waals surface area contributed by atoms with Crippen LogP contribution in [0.4, 0.5) is 0 Å². The van der Waals surface area contributed by atoms with Crippen molar-refractivity contribution in [1.82, 2.24) is 15.2 Å². The molecule has 1 aliphatic heterocycles. The maximum Gasteiger partial charge on any atom is 0.122 e. The summed E-state index contributed by atoms with van der Waals surface area (Å²) in [7, 11) is 3.89. The predicted molar refractivity (Wildman–Crippen MR) is 77.4 cm³/mol. The molecule has 0 aliphatic carbocycles. The van der Waals surface area contributed by atoms with Gasteiger partial charge in [-0.25, -0.2) is 0 Å². The Bertz CT molecular complexity index is 422. The highest BCUT2D eigenvalue weighted by molar-refractivity contribution is 5.26. The van der Waals surface area contributed by atoms with Crippen molar-refractivity contribution in [2.45, 2.75) is 32.9 Å². The Morgan fingerprint density at radius 1 is 1.47 bits per heavy atom. The number of aromatic nitrogens is 1. The van der Waals surface area contributed by atoms with Gasteiger partial charge in [0, 0.05) is 37.0 Å². The van der Waals surface area contributed by atoms with Gasteiger partial charge in [-0.05, 0) is 32.9 Å². The first-order valence-electron chi connectivity index (χ1n) is 7.02. The van der Waals surface area contributed by atoms with Crippen LogP contribution in [0.1, 0.15) is 24.7 Å². The molecule has 106 valence electrons. The van der Waals surface area contributed by atoms with Crippen LogP contribution in [0.5, 0.6) is 5.75 Å². The molecule has 0 radical (unpaired) electrons. The van der Waals surface area contributed by atoms with Gasteiger partial charge in [-0.3, -0.25) is 4.98 Å². The predicted octanol–water partition coefficient (Wildman–Crippen LogP) is 1.83. The molecular formula is C15H25N3O. The fraction of sp³-hybridized carbons (Fsp3) is 0.667. The SMILES string of the molecule is COc1cc(C)nc(CNC2CCN(C)CC2C)c1. The zero-order chi connectivity index (χ0) is 13.8. The number of ether oxygens (including phenoxy) is 1. The lowest BCUT2D eigenvalue weighted by atomic mass is 9.94. The molecule has 0 bridgehead atoms. The van der Waals surface area contributed by atoms with Crippen molar-refractivity contribution in [3.63, 3.8) is 0 Å². The fourth-order valence-electron chi connectivity index (χ4n) is 2.80. The van der Waals surface area contributed by atoms with E-state index in [4.69, 9.17) is 4.74 Å². The molecular weight excluding hydrogens is 238 g/mol. The van der Waals surface area contributed by atoms with Crippen molar-refractivity contribution < 1.29 is 4.74 Å². The highest BCUT2D eigenvalue weighted by Gasteiger charge is 2.23. The summed E-state index contributed by atoms with van der Waals surface area (Å²) < 4.78 is 5.29. The fourth-order valence-corrected chi connectivity index (χ4v) is 2.80. The second kappa shape index (κ2) is 6.35. The lowest BCUT2D eigenvalue weighted by Crippen LogP contribution is -2.46. The number of likely N-dealkylation sites (tertiary alicyclic amines) is 1. The molecule has 1 aromatic rings. The van der Waals surface area contributed by atoms with Gasteiger partial charge in [0.1, 0.15) is 5.75 Å². The van der Waals surface area contributed by atoms with E-state index >= 15 is 0 Å². The van der Waals surface area contributed by atoms with E-state index in [1.807, 2.05) is 19.1 Å². The van der Waals surface area contributed by atoms with Crippen molar-refractivity contribution in [2.24, 2.45) is 5.92 Å². The summed E-state index contributed by atoms with van der Waals surface area (Å²) in [5.74, 6) is 1.58. The Kier molecular flexibility index (Phi) is 4.77. The minimum Gasteiger partial charge on any atom is -0.497 e. The first-order chi connectivity index (χ1) is 9.08. The Labute approximate surface area is 116 Å². The van der Waals surface area contributed by atoms with E-state index < -0.39 is 0 Å². The van der Waals surface area contributed by atoms with Gasteiger partial charge in [-0.15, -0.1) is 0 Å². The Morgan fingerprint density at radius 2 is 2.26 bits per heavy atom. The lowest BCUT2D eigenvalue weighted by Gasteiger charge is -2.35. The van der Waals surface area contributed by atoms with Crippen LogP contribution in [-0.2, 0) is 6.54 Å². The monoisotopic (exact) mass is 263 g/mol. The van der Waals surface area contributed by atoms with Gasteiger partial charge < -0.3 is 15.0 Å². The largest absolute Gasteiger partial charge is 0.497 e. The van der Waals surface area contributed by atoms with Crippen LogP contribution in [0.15, 0.2) is 12.1 Å². The molecule has 4 nitrogen and oxygen atoms in total. The first kappa shape index (κ1) is 14.3. The van der Waals surface area contributed by atoms with Crippen LogP contribution < -0.4 is 10.1 Å². The van der Waals surface area contributed by atoms with Crippen LogP contribution in [-0.4, -0.2) is 43.2 Å². The van der Waals surface area contributed by atoms with E-state index in [0.29, 0.717) is 12.0 Å². The second-order valence-corrected chi connectivity index (χ2v) is 5.66. The standard InChI is InChI=1S/C15H25N3O/c1-11-10-18(3)6-5-15(11)16-9-13-8-14(19-4)7-12(2)17-13/h7-8,11,15-16H,5-6,9-10H2,1-4H3. The van der Waals surface area contributed by atoms with E-state index in [1.54, 1.807) is 7.11 Å². The molecule has 2 rings (SSSR count). The summed E-state index contributed by atoms with van der Waals surface area (Å²) in [4.78, 5) is 6.95. The number of piperidine rings is 1. The third kappa shape index (κ3) is 3.91. The number of hydrogen-bond donors (Lipinski definition) is 1. The van der Waals surface area contributed by atoms with Crippen LogP contribution in [0, 0.1) is 12.8 Å². The topological polar surface area (TPSA) is 37.4 Å². The molecule has 4 heteroatoms. The van der Waals surface area contributed by atoms with Gasteiger partial charge in [-0.1, -0.05) is 6.92 Å². The molecule has 2 unspecified atom stereocenters. The van der Waals surface area contributed by atoms with Crippen LogP contribution in [0.25, 0.3) is 0 Å². The van der Waals surface area contributed by atoms with Crippen molar-refractivity contribution in [1.29, 1.82) is 0 Å². The van der Waals surface area contributed by atoms with Crippen LogP contribution in [0.3, 0.4) is 0 Å². The summed E-state index contributed by atoms with van der Waals surface area (Å²) in [6.07, 6.45) is 1.21. The number of rotatable bonds is 4. The van der Waals surface area contributed by atoms with E-state index in [2.05, 4.69) is 29.2 Å². The maximum absolute atomic E-state index is 5.29. The summed E-state index contributed by atoms with van der Waals surface area (Å²) in [6.45, 7) is 7.48.